The molecule has 0 amide bonds. The van der Waals surface area contributed by atoms with Gasteiger partial charge in [-0.05, 0) is 49.3 Å². The van der Waals surface area contributed by atoms with E-state index in [1.165, 1.54) is 0 Å². The van der Waals surface area contributed by atoms with E-state index < -0.39 is 14.3 Å². The van der Waals surface area contributed by atoms with E-state index in [9.17, 15) is 4.79 Å². The highest BCUT2D eigenvalue weighted by Gasteiger charge is 2.39. The Morgan fingerprint density at radius 2 is 1.61 bits per heavy atom. The zero-order valence-corrected chi connectivity index (χ0v) is 20.5. The highest BCUT2D eigenvalue weighted by atomic mass is 28.4. The van der Waals surface area contributed by atoms with Crippen LogP contribution >= 0.6 is 0 Å². The van der Waals surface area contributed by atoms with Gasteiger partial charge in [0.25, 0.3) is 0 Å². The number of esters is 1. The fraction of sp³-hybridized carbons (Fsp3) is 0.360. The molecule has 0 radical (unpaired) electrons. The summed E-state index contributed by atoms with van der Waals surface area (Å²) in [7, 11) is 0.0157. The van der Waals surface area contributed by atoms with Crippen LogP contribution in [-0.2, 0) is 11.8 Å². The minimum Gasteiger partial charge on any atom is -0.544 e. The van der Waals surface area contributed by atoms with Gasteiger partial charge >= 0.3 is 5.97 Å². The molecule has 0 aliphatic heterocycles. The van der Waals surface area contributed by atoms with Crippen LogP contribution in [0.15, 0.2) is 54.6 Å². The van der Waals surface area contributed by atoms with Gasteiger partial charge in [-0.1, -0.05) is 51.1 Å². The van der Waals surface area contributed by atoms with Crippen molar-refractivity contribution >= 4 is 14.3 Å². The first-order valence-electron chi connectivity index (χ1n) is 10.6. The van der Waals surface area contributed by atoms with Crippen LogP contribution in [0.5, 0.6) is 5.75 Å². The standard InChI is InChI=1S/C25H32N2O3Si/c1-8-29-24(28)21-22(18-12-10-9-11-13-18)27(5)23(26-21)19-14-16-20(17-15-19)30-31(6,7)25(2,3)4/h9-17H,8H2,1-7H3. The number of hydrogen-bond acceptors (Lipinski definition) is 4. The van der Waals surface area contributed by atoms with Crippen molar-refractivity contribution < 1.29 is 14.0 Å². The lowest BCUT2D eigenvalue weighted by molar-refractivity contribution is 0.0521. The second-order valence-electron chi connectivity index (χ2n) is 9.16. The summed E-state index contributed by atoms with van der Waals surface area (Å²) < 4.78 is 13.6. The van der Waals surface area contributed by atoms with Gasteiger partial charge in [0, 0.05) is 18.2 Å². The highest BCUT2D eigenvalue weighted by Crippen LogP contribution is 2.38. The molecule has 0 aliphatic carbocycles. The molecule has 3 aromatic rings. The molecule has 2 aromatic carbocycles. The number of nitrogens with zero attached hydrogens (tertiary/aromatic N) is 2. The molecule has 0 unspecified atom stereocenters. The lowest BCUT2D eigenvalue weighted by Crippen LogP contribution is -2.43. The molecule has 0 N–H and O–H groups in total. The Hall–Kier alpha value is -2.86. The summed E-state index contributed by atoms with van der Waals surface area (Å²) in [6.07, 6.45) is 0. The first-order chi connectivity index (χ1) is 14.5. The fourth-order valence-electron chi connectivity index (χ4n) is 3.14. The maximum absolute atomic E-state index is 12.6. The Morgan fingerprint density at radius 1 is 1.00 bits per heavy atom. The normalized spacial score (nSPS) is 12.0. The zero-order chi connectivity index (χ0) is 22.8. The van der Waals surface area contributed by atoms with E-state index in [0.29, 0.717) is 18.1 Å². The van der Waals surface area contributed by atoms with Gasteiger partial charge in [0.1, 0.15) is 11.6 Å². The fourth-order valence-corrected chi connectivity index (χ4v) is 4.18. The molecule has 0 saturated carbocycles. The summed E-state index contributed by atoms with van der Waals surface area (Å²) in [5.74, 6) is 1.15. The maximum Gasteiger partial charge on any atom is 0.359 e. The van der Waals surface area contributed by atoms with Gasteiger partial charge in [0.15, 0.2) is 5.69 Å². The summed E-state index contributed by atoms with van der Waals surface area (Å²) in [6, 6.07) is 17.7. The number of rotatable bonds is 6. The van der Waals surface area contributed by atoms with E-state index in [4.69, 9.17) is 9.16 Å². The molecular formula is C25H32N2O3Si. The predicted octanol–water partition coefficient (Wildman–Crippen LogP) is 6.31. The third-order valence-electron chi connectivity index (χ3n) is 5.90. The molecule has 164 valence electrons. The molecule has 5 nitrogen and oxygen atoms in total. The van der Waals surface area contributed by atoms with Gasteiger partial charge in [-0.25, -0.2) is 9.78 Å². The molecule has 6 heteroatoms. The van der Waals surface area contributed by atoms with Gasteiger partial charge in [-0.3, -0.25) is 0 Å². The van der Waals surface area contributed by atoms with Gasteiger partial charge in [-0.15, -0.1) is 0 Å². The monoisotopic (exact) mass is 436 g/mol. The predicted molar refractivity (Wildman–Crippen MR) is 128 cm³/mol. The molecule has 0 bridgehead atoms. The topological polar surface area (TPSA) is 53.4 Å². The van der Waals surface area contributed by atoms with E-state index in [1.807, 2.05) is 66.2 Å². The Kier molecular flexibility index (Phi) is 6.41. The van der Waals surface area contributed by atoms with Crippen LogP contribution in [0.4, 0.5) is 0 Å². The summed E-state index contributed by atoms with van der Waals surface area (Å²) in [4.78, 5) is 17.3. The van der Waals surface area contributed by atoms with Crippen molar-refractivity contribution in [2.24, 2.45) is 7.05 Å². The molecule has 3 rings (SSSR count). The lowest BCUT2D eigenvalue weighted by atomic mass is 10.1. The molecular weight excluding hydrogens is 404 g/mol. The highest BCUT2D eigenvalue weighted by molar-refractivity contribution is 6.74. The number of hydrogen-bond donors (Lipinski definition) is 0. The van der Waals surface area contributed by atoms with E-state index in [2.05, 4.69) is 38.8 Å². The first kappa shape index (κ1) is 22.8. The minimum atomic E-state index is -1.91. The summed E-state index contributed by atoms with van der Waals surface area (Å²) in [6.45, 7) is 13.2. The smallest absolute Gasteiger partial charge is 0.359 e. The van der Waals surface area contributed by atoms with E-state index >= 15 is 0 Å². The largest absolute Gasteiger partial charge is 0.544 e. The molecule has 31 heavy (non-hydrogen) atoms. The van der Waals surface area contributed by atoms with Crippen molar-refractivity contribution in [2.45, 2.75) is 45.8 Å². The number of carbonyl (C=O) groups excluding carboxylic acids is 1. The van der Waals surface area contributed by atoms with Crippen LogP contribution in [0.3, 0.4) is 0 Å². The average molecular weight is 437 g/mol. The quantitative estimate of drug-likeness (QED) is 0.335. The van der Waals surface area contributed by atoms with Crippen molar-refractivity contribution in [2.75, 3.05) is 6.61 Å². The van der Waals surface area contributed by atoms with Crippen molar-refractivity contribution in [3.63, 3.8) is 0 Å². The number of carbonyl (C=O) groups is 1. The van der Waals surface area contributed by atoms with Gasteiger partial charge < -0.3 is 13.7 Å². The lowest BCUT2D eigenvalue weighted by Gasteiger charge is -2.36. The SMILES string of the molecule is CCOC(=O)c1nc(-c2ccc(O[Si](C)(C)C(C)(C)C)cc2)n(C)c1-c1ccccc1. The third-order valence-corrected chi connectivity index (χ3v) is 10.3. The first-order valence-corrected chi connectivity index (χ1v) is 13.5. The van der Waals surface area contributed by atoms with Gasteiger partial charge in [0.2, 0.25) is 8.32 Å². The third kappa shape index (κ3) is 4.74. The van der Waals surface area contributed by atoms with Crippen molar-refractivity contribution in [3.05, 3.63) is 60.3 Å². The number of aromatic nitrogens is 2. The van der Waals surface area contributed by atoms with Crippen LogP contribution in [0, 0.1) is 0 Å². The summed E-state index contributed by atoms with van der Waals surface area (Å²) >= 11 is 0. The minimum absolute atomic E-state index is 0.129. The molecule has 0 saturated heterocycles. The maximum atomic E-state index is 12.6. The summed E-state index contributed by atoms with van der Waals surface area (Å²) in [5, 5.41) is 0.129. The Morgan fingerprint density at radius 3 is 2.16 bits per heavy atom. The average Bonchev–Trinajstić information content (AvgIpc) is 3.05. The Labute approximate surface area is 186 Å². The zero-order valence-electron chi connectivity index (χ0n) is 19.5. The van der Waals surface area contributed by atoms with E-state index in [-0.39, 0.29) is 5.04 Å². The van der Waals surface area contributed by atoms with Crippen LogP contribution in [0.25, 0.3) is 22.6 Å². The Bertz CT molecular complexity index is 1050. The molecule has 0 aliphatic rings. The molecule has 0 fully saturated rings. The molecule has 0 spiro atoms. The van der Waals surface area contributed by atoms with Gasteiger partial charge in [-0.2, -0.15) is 0 Å². The van der Waals surface area contributed by atoms with Crippen LogP contribution in [0.1, 0.15) is 38.2 Å². The van der Waals surface area contributed by atoms with Crippen molar-refractivity contribution in [1.82, 2.24) is 9.55 Å². The molecule has 1 aromatic heterocycles. The Balaban J connectivity index is 2.01. The number of imidazole rings is 1. The van der Waals surface area contributed by atoms with E-state index in [1.54, 1.807) is 6.92 Å². The van der Waals surface area contributed by atoms with Gasteiger partial charge in [0.05, 0.1) is 12.3 Å². The second-order valence-corrected chi connectivity index (χ2v) is 13.9. The van der Waals surface area contributed by atoms with E-state index in [0.717, 1.165) is 22.6 Å². The number of benzene rings is 2. The van der Waals surface area contributed by atoms with Crippen molar-refractivity contribution in [3.8, 4) is 28.4 Å². The van der Waals surface area contributed by atoms with Crippen LogP contribution in [0.2, 0.25) is 18.1 Å². The molecule has 1 heterocycles. The number of ether oxygens (including phenoxy) is 1. The van der Waals surface area contributed by atoms with Crippen LogP contribution in [-0.4, -0.2) is 30.4 Å². The van der Waals surface area contributed by atoms with Crippen molar-refractivity contribution in [1.29, 1.82) is 0 Å². The molecule has 0 atom stereocenters. The summed E-state index contributed by atoms with van der Waals surface area (Å²) in [5.41, 5.74) is 2.91. The second kappa shape index (κ2) is 8.71. The van der Waals surface area contributed by atoms with Crippen LogP contribution < -0.4 is 4.43 Å².